The highest BCUT2D eigenvalue weighted by atomic mass is 35.5. The van der Waals surface area contributed by atoms with E-state index in [1.807, 2.05) is 0 Å². The predicted octanol–water partition coefficient (Wildman–Crippen LogP) is 1.67. The lowest BCUT2D eigenvalue weighted by Crippen LogP contribution is -2.41. The van der Waals surface area contributed by atoms with Crippen LogP contribution >= 0.6 is 23.2 Å². The van der Waals surface area contributed by atoms with E-state index in [2.05, 4.69) is 5.32 Å². The Bertz CT molecular complexity index is 461. The van der Waals surface area contributed by atoms with Crippen LogP contribution in [0.4, 0.5) is 0 Å². The van der Waals surface area contributed by atoms with Crippen LogP contribution in [0.15, 0.2) is 18.2 Å². The molecule has 2 N–H and O–H groups in total. The first-order chi connectivity index (χ1) is 8.95. The zero-order chi connectivity index (χ0) is 14.0. The zero-order valence-corrected chi connectivity index (χ0v) is 12.1. The number of amides is 1. The van der Waals surface area contributed by atoms with Crippen molar-refractivity contribution in [2.75, 3.05) is 13.6 Å². The van der Waals surface area contributed by atoms with Gasteiger partial charge in [-0.3, -0.25) is 4.79 Å². The fourth-order valence-electron chi connectivity index (χ4n) is 2.23. The van der Waals surface area contributed by atoms with E-state index in [0.29, 0.717) is 29.6 Å². The number of aliphatic hydroxyl groups excluding tert-OH is 1. The fraction of sp³-hybridized carbons (Fsp3) is 0.462. The van der Waals surface area contributed by atoms with Crippen LogP contribution < -0.4 is 5.32 Å². The molecule has 1 aliphatic rings. The van der Waals surface area contributed by atoms with Gasteiger partial charge in [-0.1, -0.05) is 23.2 Å². The van der Waals surface area contributed by atoms with E-state index in [-0.39, 0.29) is 11.9 Å². The Morgan fingerprint density at radius 2 is 2.05 bits per heavy atom. The van der Waals surface area contributed by atoms with Crippen LogP contribution in [-0.2, 0) is 11.3 Å². The summed E-state index contributed by atoms with van der Waals surface area (Å²) < 4.78 is 0. The first-order valence-electron chi connectivity index (χ1n) is 6.07. The van der Waals surface area contributed by atoms with E-state index in [0.717, 1.165) is 5.56 Å². The first kappa shape index (κ1) is 14.6. The summed E-state index contributed by atoms with van der Waals surface area (Å²) in [5, 5.41) is 13.5. The Morgan fingerprint density at radius 3 is 2.58 bits per heavy atom. The van der Waals surface area contributed by atoms with Crippen LogP contribution in [0.1, 0.15) is 12.0 Å². The maximum absolute atomic E-state index is 12.2. The minimum atomic E-state index is -0.442. The van der Waals surface area contributed by atoms with E-state index < -0.39 is 6.10 Å². The number of halogens is 2. The summed E-state index contributed by atoms with van der Waals surface area (Å²) >= 11 is 11.9. The quantitative estimate of drug-likeness (QED) is 0.893. The van der Waals surface area contributed by atoms with Crippen molar-refractivity contribution in [1.29, 1.82) is 0 Å². The van der Waals surface area contributed by atoms with E-state index in [1.165, 1.54) is 0 Å². The highest BCUT2D eigenvalue weighted by Gasteiger charge is 2.29. The summed E-state index contributed by atoms with van der Waals surface area (Å²) in [6.45, 7) is 0.903. The van der Waals surface area contributed by atoms with Crippen LogP contribution in [0.2, 0.25) is 10.0 Å². The summed E-state index contributed by atoms with van der Waals surface area (Å²) in [6, 6.07) is 4.92. The number of nitrogens with zero attached hydrogens (tertiary/aromatic N) is 1. The average molecular weight is 303 g/mol. The molecule has 1 aromatic rings. The lowest BCUT2D eigenvalue weighted by molar-refractivity contribution is -0.132. The van der Waals surface area contributed by atoms with Gasteiger partial charge in [0.05, 0.1) is 12.1 Å². The van der Waals surface area contributed by atoms with Gasteiger partial charge in [0, 0.05) is 30.2 Å². The van der Waals surface area contributed by atoms with Gasteiger partial charge in [0.25, 0.3) is 0 Å². The summed E-state index contributed by atoms with van der Waals surface area (Å²) in [5.74, 6) is -0.0346. The SMILES string of the molecule is CN(Cc1cc(Cl)cc(Cl)c1)C(=O)C1CC(O)CN1. The molecular weight excluding hydrogens is 287 g/mol. The van der Waals surface area contributed by atoms with E-state index in [9.17, 15) is 9.90 Å². The highest BCUT2D eigenvalue weighted by Crippen LogP contribution is 2.20. The number of nitrogens with one attached hydrogen (secondary N) is 1. The number of hydrogen-bond donors (Lipinski definition) is 2. The van der Waals surface area contributed by atoms with Gasteiger partial charge in [0.2, 0.25) is 5.91 Å². The molecule has 0 radical (unpaired) electrons. The third-order valence-electron chi connectivity index (χ3n) is 3.12. The van der Waals surface area contributed by atoms with Crippen molar-refractivity contribution in [3.63, 3.8) is 0 Å². The van der Waals surface area contributed by atoms with Gasteiger partial charge in [0.15, 0.2) is 0 Å². The number of rotatable bonds is 3. The van der Waals surface area contributed by atoms with Crippen molar-refractivity contribution >= 4 is 29.1 Å². The Hall–Kier alpha value is -0.810. The highest BCUT2D eigenvalue weighted by molar-refractivity contribution is 6.34. The molecule has 19 heavy (non-hydrogen) atoms. The lowest BCUT2D eigenvalue weighted by Gasteiger charge is -2.21. The monoisotopic (exact) mass is 302 g/mol. The summed E-state index contributed by atoms with van der Waals surface area (Å²) in [7, 11) is 1.73. The summed E-state index contributed by atoms with van der Waals surface area (Å²) in [5.41, 5.74) is 0.881. The Kier molecular flexibility index (Phi) is 4.68. The van der Waals surface area contributed by atoms with Crippen molar-refractivity contribution in [3.05, 3.63) is 33.8 Å². The predicted molar refractivity (Wildman–Crippen MR) is 75.4 cm³/mol. The van der Waals surface area contributed by atoms with E-state index >= 15 is 0 Å². The topological polar surface area (TPSA) is 52.6 Å². The molecule has 1 fully saturated rings. The molecule has 6 heteroatoms. The smallest absolute Gasteiger partial charge is 0.239 e. The normalized spacial score (nSPS) is 22.5. The average Bonchev–Trinajstić information content (AvgIpc) is 2.73. The number of carbonyl (C=O) groups is 1. The van der Waals surface area contributed by atoms with Gasteiger partial charge in [0.1, 0.15) is 0 Å². The van der Waals surface area contributed by atoms with Crippen LogP contribution in [0.5, 0.6) is 0 Å². The second-order valence-electron chi connectivity index (χ2n) is 4.82. The first-order valence-corrected chi connectivity index (χ1v) is 6.82. The van der Waals surface area contributed by atoms with Crippen LogP contribution in [0, 0.1) is 0 Å². The molecule has 0 spiro atoms. The number of β-amino-alcohol motifs (C(OH)–C–C–N with tert-alkyl or cyclic N) is 1. The molecule has 4 nitrogen and oxygen atoms in total. The number of aliphatic hydroxyl groups is 1. The van der Waals surface area contributed by atoms with Crippen molar-refractivity contribution in [1.82, 2.24) is 10.2 Å². The molecule has 1 aromatic carbocycles. The van der Waals surface area contributed by atoms with E-state index in [1.54, 1.807) is 30.1 Å². The van der Waals surface area contributed by atoms with Gasteiger partial charge in [-0.2, -0.15) is 0 Å². The second-order valence-corrected chi connectivity index (χ2v) is 5.70. The standard InChI is InChI=1S/C13H16Cl2N2O2/c1-17(13(19)12-5-11(18)6-16-12)7-8-2-9(14)4-10(15)3-8/h2-4,11-12,16,18H,5-7H2,1H3. The molecule has 0 bridgehead atoms. The minimum absolute atomic E-state index is 0.0346. The molecule has 0 aliphatic carbocycles. The largest absolute Gasteiger partial charge is 0.392 e. The maximum atomic E-state index is 12.2. The maximum Gasteiger partial charge on any atom is 0.239 e. The Balaban J connectivity index is 2.00. The molecule has 1 amide bonds. The third-order valence-corrected chi connectivity index (χ3v) is 3.56. The van der Waals surface area contributed by atoms with Crippen molar-refractivity contribution in [3.8, 4) is 0 Å². The molecule has 1 aliphatic heterocycles. The van der Waals surface area contributed by atoms with Crippen molar-refractivity contribution in [2.45, 2.75) is 25.1 Å². The molecule has 2 atom stereocenters. The molecule has 0 saturated carbocycles. The number of carbonyl (C=O) groups excluding carboxylic acids is 1. The van der Waals surface area contributed by atoms with Crippen LogP contribution in [0.25, 0.3) is 0 Å². The number of hydrogen-bond acceptors (Lipinski definition) is 3. The van der Waals surface area contributed by atoms with Crippen LogP contribution in [0.3, 0.4) is 0 Å². The molecule has 2 unspecified atom stereocenters. The third kappa shape index (κ3) is 3.83. The second kappa shape index (κ2) is 6.09. The summed E-state index contributed by atoms with van der Waals surface area (Å²) in [6.07, 6.45) is 0.0161. The lowest BCUT2D eigenvalue weighted by atomic mass is 10.1. The van der Waals surface area contributed by atoms with Gasteiger partial charge in [-0.25, -0.2) is 0 Å². The Morgan fingerprint density at radius 1 is 1.42 bits per heavy atom. The van der Waals surface area contributed by atoms with Gasteiger partial charge < -0.3 is 15.3 Å². The van der Waals surface area contributed by atoms with Gasteiger partial charge >= 0.3 is 0 Å². The molecule has 1 saturated heterocycles. The molecule has 2 rings (SSSR count). The molecule has 0 aromatic heterocycles. The number of likely N-dealkylation sites (N-methyl/N-ethyl adjacent to an activating group) is 1. The minimum Gasteiger partial charge on any atom is -0.392 e. The van der Waals surface area contributed by atoms with Gasteiger partial charge in [-0.05, 0) is 30.2 Å². The molecule has 104 valence electrons. The fourth-order valence-corrected chi connectivity index (χ4v) is 2.80. The van der Waals surface area contributed by atoms with E-state index in [4.69, 9.17) is 23.2 Å². The Labute approximate surface area is 122 Å². The van der Waals surface area contributed by atoms with Crippen LogP contribution in [-0.4, -0.2) is 41.7 Å². The number of benzene rings is 1. The zero-order valence-electron chi connectivity index (χ0n) is 10.6. The van der Waals surface area contributed by atoms with Crippen molar-refractivity contribution in [2.24, 2.45) is 0 Å². The summed E-state index contributed by atoms with van der Waals surface area (Å²) in [4.78, 5) is 13.8. The van der Waals surface area contributed by atoms with Crippen molar-refractivity contribution < 1.29 is 9.90 Å². The van der Waals surface area contributed by atoms with Gasteiger partial charge in [-0.15, -0.1) is 0 Å². The molecular formula is C13H16Cl2N2O2. The molecule has 1 heterocycles.